The molecule has 0 saturated carbocycles. The third-order valence-corrected chi connectivity index (χ3v) is 3.16. The van der Waals surface area contributed by atoms with Gasteiger partial charge >= 0.3 is 0 Å². The molecule has 0 bridgehead atoms. The SMILES string of the molecule is O=P([O-])(O)O.c1ccc(Cn2cc[n+](Cc3ccccc3)c2)cc1. The molecule has 0 radical (unpaired) electrons. The number of hydrogen-bond acceptors (Lipinski definition) is 2. The molecular formula is C17H19N2O4P. The van der Waals surface area contributed by atoms with Crippen LogP contribution in [0.15, 0.2) is 79.4 Å². The van der Waals surface area contributed by atoms with Crippen LogP contribution in [0.4, 0.5) is 0 Å². The lowest BCUT2D eigenvalue weighted by Crippen LogP contribution is -2.31. The van der Waals surface area contributed by atoms with Gasteiger partial charge in [-0.1, -0.05) is 60.7 Å². The van der Waals surface area contributed by atoms with E-state index in [-0.39, 0.29) is 0 Å². The van der Waals surface area contributed by atoms with Crippen molar-refractivity contribution in [2.45, 2.75) is 13.1 Å². The predicted octanol–water partition coefficient (Wildman–Crippen LogP) is 1.31. The maximum Gasteiger partial charge on any atom is 0.262 e. The fraction of sp³-hybridized carbons (Fsp3) is 0.118. The molecule has 0 amide bonds. The van der Waals surface area contributed by atoms with E-state index >= 15 is 0 Å². The number of imidazole rings is 1. The van der Waals surface area contributed by atoms with Gasteiger partial charge in [0.1, 0.15) is 25.5 Å². The molecule has 3 rings (SSSR count). The summed E-state index contributed by atoms with van der Waals surface area (Å²) >= 11 is 0. The first-order valence-corrected chi connectivity index (χ1v) is 8.82. The van der Waals surface area contributed by atoms with Crippen LogP contribution in [0.1, 0.15) is 11.1 Å². The molecule has 0 spiro atoms. The average molecular weight is 346 g/mol. The van der Waals surface area contributed by atoms with E-state index in [9.17, 15) is 0 Å². The van der Waals surface area contributed by atoms with Gasteiger partial charge in [-0.3, -0.25) is 4.57 Å². The first-order chi connectivity index (χ1) is 11.4. The van der Waals surface area contributed by atoms with Crippen molar-refractivity contribution in [2.24, 2.45) is 0 Å². The molecule has 0 saturated heterocycles. The molecular weight excluding hydrogens is 327 g/mol. The van der Waals surface area contributed by atoms with Crippen molar-refractivity contribution in [3.8, 4) is 0 Å². The van der Waals surface area contributed by atoms with Crippen LogP contribution in [0, 0.1) is 0 Å². The molecule has 0 fully saturated rings. The van der Waals surface area contributed by atoms with Gasteiger partial charge in [-0.2, -0.15) is 0 Å². The zero-order chi connectivity index (χ0) is 17.4. The molecule has 6 nitrogen and oxygen atoms in total. The van der Waals surface area contributed by atoms with E-state index in [1.54, 1.807) is 0 Å². The van der Waals surface area contributed by atoms with Gasteiger partial charge in [-0.05, 0) is 11.1 Å². The Labute approximate surface area is 140 Å². The highest BCUT2D eigenvalue weighted by Gasteiger charge is 2.05. The van der Waals surface area contributed by atoms with Crippen molar-refractivity contribution in [1.29, 1.82) is 0 Å². The van der Waals surface area contributed by atoms with Crippen LogP contribution in [-0.2, 0) is 17.7 Å². The monoisotopic (exact) mass is 346 g/mol. The van der Waals surface area contributed by atoms with Crippen molar-refractivity contribution in [3.05, 3.63) is 90.5 Å². The topological polar surface area (TPSA) is 89.4 Å². The summed E-state index contributed by atoms with van der Waals surface area (Å²) in [5.74, 6) is 0. The highest BCUT2D eigenvalue weighted by molar-refractivity contribution is 7.43. The molecule has 0 aliphatic carbocycles. The molecule has 0 aliphatic rings. The summed E-state index contributed by atoms with van der Waals surface area (Å²) < 4.78 is 13.2. The Hall–Kier alpha value is -2.24. The Bertz CT molecular complexity index is 720. The first kappa shape index (κ1) is 18.1. The minimum Gasteiger partial charge on any atom is -0.756 e. The van der Waals surface area contributed by atoms with Crippen LogP contribution in [-0.4, -0.2) is 14.4 Å². The fourth-order valence-electron chi connectivity index (χ4n) is 2.21. The lowest BCUT2D eigenvalue weighted by molar-refractivity contribution is -0.687. The van der Waals surface area contributed by atoms with Crippen molar-refractivity contribution in [3.63, 3.8) is 0 Å². The second kappa shape index (κ2) is 8.57. The van der Waals surface area contributed by atoms with Crippen LogP contribution >= 0.6 is 7.82 Å². The number of phosphoric acid groups is 1. The molecule has 0 unspecified atom stereocenters. The third kappa shape index (κ3) is 7.35. The van der Waals surface area contributed by atoms with Gasteiger partial charge in [0.05, 0.1) is 0 Å². The minimum atomic E-state index is -4.89. The van der Waals surface area contributed by atoms with Gasteiger partial charge in [-0.25, -0.2) is 9.13 Å². The largest absolute Gasteiger partial charge is 0.756 e. The molecule has 2 N–H and O–H groups in total. The molecule has 0 aliphatic heterocycles. The first-order valence-electron chi connectivity index (χ1n) is 7.29. The van der Waals surface area contributed by atoms with Crippen molar-refractivity contribution >= 4 is 7.82 Å². The molecule has 24 heavy (non-hydrogen) atoms. The van der Waals surface area contributed by atoms with Gasteiger partial charge in [0, 0.05) is 0 Å². The highest BCUT2D eigenvalue weighted by atomic mass is 31.2. The fourth-order valence-corrected chi connectivity index (χ4v) is 2.21. The quantitative estimate of drug-likeness (QED) is 0.551. The number of aromatic nitrogens is 2. The standard InChI is InChI=1S/C17H17N2.H3O4P/c1-3-7-16(8-4-1)13-18-11-12-19(15-18)14-17-9-5-2-6-10-17;1-5(2,3)4/h1-12,15H,13-14H2;(H3,1,2,3,4)/q+1;/p-1. The predicted molar refractivity (Wildman–Crippen MR) is 87.8 cm³/mol. The minimum absolute atomic E-state index is 0.919. The second-order valence-electron chi connectivity index (χ2n) is 5.22. The smallest absolute Gasteiger partial charge is 0.262 e. The maximum absolute atomic E-state index is 8.77. The number of benzene rings is 2. The summed E-state index contributed by atoms with van der Waals surface area (Å²) in [6.07, 6.45) is 6.39. The third-order valence-electron chi connectivity index (χ3n) is 3.16. The Kier molecular flexibility index (Phi) is 6.46. The summed E-state index contributed by atoms with van der Waals surface area (Å²) in [7, 11) is -4.89. The van der Waals surface area contributed by atoms with E-state index in [2.05, 4.69) is 88.5 Å². The summed E-state index contributed by atoms with van der Waals surface area (Å²) in [5.41, 5.74) is 2.65. The molecule has 3 aromatic rings. The zero-order valence-corrected chi connectivity index (χ0v) is 13.9. The van der Waals surface area contributed by atoms with Gasteiger partial charge < -0.3 is 14.7 Å². The van der Waals surface area contributed by atoms with Crippen LogP contribution < -0.4 is 9.46 Å². The average Bonchev–Trinajstić information content (AvgIpc) is 2.95. The van der Waals surface area contributed by atoms with Gasteiger partial charge in [0.25, 0.3) is 7.82 Å². The summed E-state index contributed by atoms with van der Waals surface area (Å²) in [4.78, 5) is 22.9. The number of nitrogens with zero attached hydrogens (tertiary/aromatic N) is 2. The van der Waals surface area contributed by atoms with Crippen molar-refractivity contribution < 1.29 is 23.8 Å². The summed E-state index contributed by atoms with van der Waals surface area (Å²) in [6, 6.07) is 21.0. The Balaban J connectivity index is 0.000000368. The molecule has 126 valence electrons. The van der Waals surface area contributed by atoms with Gasteiger partial charge in [-0.15, -0.1) is 0 Å². The van der Waals surface area contributed by atoms with E-state index in [4.69, 9.17) is 19.2 Å². The summed E-state index contributed by atoms with van der Waals surface area (Å²) in [6.45, 7) is 1.84. The highest BCUT2D eigenvalue weighted by Crippen LogP contribution is 2.19. The molecule has 7 heteroatoms. The van der Waals surface area contributed by atoms with Gasteiger partial charge in [0.2, 0.25) is 6.33 Å². The lowest BCUT2D eigenvalue weighted by atomic mass is 10.2. The van der Waals surface area contributed by atoms with Crippen LogP contribution in [0.25, 0.3) is 0 Å². The van der Waals surface area contributed by atoms with Crippen LogP contribution in [0.5, 0.6) is 0 Å². The summed E-state index contributed by atoms with van der Waals surface area (Å²) in [5, 5.41) is 0. The van der Waals surface area contributed by atoms with E-state index in [0.717, 1.165) is 13.1 Å². The van der Waals surface area contributed by atoms with Crippen molar-refractivity contribution in [1.82, 2.24) is 4.57 Å². The van der Waals surface area contributed by atoms with Crippen LogP contribution in [0.2, 0.25) is 0 Å². The number of hydrogen-bond donors (Lipinski definition) is 2. The number of rotatable bonds is 4. The van der Waals surface area contributed by atoms with Gasteiger partial charge in [0.15, 0.2) is 0 Å². The Morgan fingerprint density at radius 1 is 0.958 bits per heavy atom. The van der Waals surface area contributed by atoms with Crippen molar-refractivity contribution in [2.75, 3.05) is 0 Å². The van der Waals surface area contributed by atoms with E-state index in [1.165, 1.54) is 11.1 Å². The normalized spacial score (nSPS) is 10.8. The molecule has 0 atom stereocenters. The lowest BCUT2D eigenvalue weighted by Gasteiger charge is -2.01. The Morgan fingerprint density at radius 3 is 2.00 bits per heavy atom. The molecule has 2 aromatic carbocycles. The second-order valence-corrected chi connectivity index (χ2v) is 6.20. The Morgan fingerprint density at radius 2 is 1.46 bits per heavy atom. The van der Waals surface area contributed by atoms with Crippen LogP contribution in [0.3, 0.4) is 0 Å². The maximum atomic E-state index is 8.77. The van der Waals surface area contributed by atoms with E-state index in [0.29, 0.717) is 0 Å². The zero-order valence-electron chi connectivity index (χ0n) is 13.0. The van der Waals surface area contributed by atoms with E-state index in [1.807, 2.05) is 0 Å². The molecule has 1 aromatic heterocycles. The van der Waals surface area contributed by atoms with E-state index < -0.39 is 7.82 Å². The molecule has 1 heterocycles.